The van der Waals surface area contributed by atoms with Gasteiger partial charge in [0.25, 0.3) is 0 Å². The quantitative estimate of drug-likeness (QED) is 0.774. The van der Waals surface area contributed by atoms with E-state index in [9.17, 15) is 13.7 Å². The fourth-order valence-corrected chi connectivity index (χ4v) is 5.30. The molecule has 0 bridgehead atoms. The Kier molecular flexibility index (Phi) is 4.69. The summed E-state index contributed by atoms with van der Waals surface area (Å²) in [6, 6.07) is 13.5. The van der Waals surface area contributed by atoms with Crippen LogP contribution in [-0.2, 0) is 9.84 Å². The summed E-state index contributed by atoms with van der Waals surface area (Å²) in [6.45, 7) is 0. The molecule has 0 radical (unpaired) electrons. The van der Waals surface area contributed by atoms with Crippen molar-refractivity contribution in [1.82, 2.24) is 0 Å². The summed E-state index contributed by atoms with van der Waals surface area (Å²) in [5.74, 6) is 0.676. The van der Waals surface area contributed by atoms with E-state index in [0.717, 1.165) is 0 Å². The number of thioether (sulfide) groups is 1. The highest BCUT2D eigenvalue weighted by atomic mass is 35.5. The molecule has 1 heterocycles. The molecule has 0 atom stereocenters. The first-order valence-electron chi connectivity index (χ1n) is 7.11. The van der Waals surface area contributed by atoms with Crippen LogP contribution >= 0.6 is 23.4 Å². The average molecular weight is 393 g/mol. The van der Waals surface area contributed by atoms with E-state index >= 15 is 0 Å². The van der Waals surface area contributed by atoms with Gasteiger partial charge < -0.3 is 9.64 Å². The van der Waals surface area contributed by atoms with E-state index in [1.54, 1.807) is 48.6 Å². The molecular weight excluding hydrogens is 380 g/mol. The lowest BCUT2D eigenvalue weighted by Gasteiger charge is -2.32. The van der Waals surface area contributed by atoms with Crippen LogP contribution in [0.4, 0.5) is 11.4 Å². The van der Waals surface area contributed by atoms with Crippen molar-refractivity contribution in [2.45, 2.75) is 4.90 Å². The number of sulfone groups is 1. The fraction of sp³-hybridized carbons (Fsp3) is 0.118. The first-order valence-corrected chi connectivity index (χ1v) is 10.2. The van der Waals surface area contributed by atoms with Gasteiger partial charge in [0.05, 0.1) is 17.7 Å². The lowest BCUT2D eigenvalue weighted by Crippen LogP contribution is -2.26. The highest BCUT2D eigenvalue weighted by Gasteiger charge is 2.37. The van der Waals surface area contributed by atoms with Gasteiger partial charge in [0.1, 0.15) is 16.8 Å². The van der Waals surface area contributed by atoms with Gasteiger partial charge in [0, 0.05) is 10.7 Å². The number of fused-ring (bicyclic) bond motifs is 1. The molecule has 1 aliphatic heterocycles. The molecule has 0 aromatic heterocycles. The second-order valence-corrected chi connectivity index (χ2v) is 8.19. The maximum atomic E-state index is 12.8. The molecule has 8 heteroatoms. The lowest BCUT2D eigenvalue weighted by molar-refractivity contribution is 0.415. The minimum atomic E-state index is -3.89. The number of hydrogen-bond donors (Lipinski definition) is 0. The van der Waals surface area contributed by atoms with E-state index in [0.29, 0.717) is 27.2 Å². The van der Waals surface area contributed by atoms with Crippen LogP contribution in [0.1, 0.15) is 0 Å². The number of nitriles is 1. The maximum Gasteiger partial charge on any atom is 0.221 e. The van der Waals surface area contributed by atoms with E-state index in [2.05, 4.69) is 0 Å². The number of benzene rings is 2. The Morgan fingerprint density at radius 3 is 2.44 bits per heavy atom. The molecule has 0 N–H and O–H groups in total. The number of anilines is 2. The van der Waals surface area contributed by atoms with Crippen molar-refractivity contribution >= 4 is 44.6 Å². The molecule has 0 spiro atoms. The van der Waals surface area contributed by atoms with Gasteiger partial charge in [-0.2, -0.15) is 5.26 Å². The summed E-state index contributed by atoms with van der Waals surface area (Å²) in [7, 11) is -2.32. The molecule has 3 rings (SSSR count). The molecule has 0 fully saturated rings. The van der Waals surface area contributed by atoms with Crippen LogP contribution in [0.2, 0.25) is 5.02 Å². The van der Waals surface area contributed by atoms with Gasteiger partial charge in [0.2, 0.25) is 9.84 Å². The molecule has 0 aliphatic carbocycles. The van der Waals surface area contributed by atoms with Crippen molar-refractivity contribution in [3.63, 3.8) is 0 Å². The summed E-state index contributed by atoms with van der Waals surface area (Å²) < 4.78 is 30.8. The van der Waals surface area contributed by atoms with Crippen LogP contribution in [0, 0.1) is 11.3 Å². The highest BCUT2D eigenvalue weighted by molar-refractivity contribution is 8.04. The van der Waals surface area contributed by atoms with E-state index in [1.165, 1.54) is 23.9 Å². The Hall–Kier alpha value is -2.14. The van der Waals surface area contributed by atoms with Gasteiger partial charge in [-0.15, -0.1) is 11.8 Å². The fourth-order valence-electron chi connectivity index (χ4n) is 2.61. The van der Waals surface area contributed by atoms with E-state index in [4.69, 9.17) is 16.3 Å². The smallest absolute Gasteiger partial charge is 0.221 e. The number of hydrogen-bond acceptors (Lipinski definition) is 6. The predicted molar refractivity (Wildman–Crippen MR) is 99.9 cm³/mol. The topological polar surface area (TPSA) is 70.4 Å². The van der Waals surface area contributed by atoms with Crippen molar-refractivity contribution in [3.05, 3.63) is 57.4 Å². The molecule has 0 unspecified atom stereocenters. The third-order valence-electron chi connectivity index (χ3n) is 3.74. The summed E-state index contributed by atoms with van der Waals surface area (Å²) in [5.41, 5.74) is 1.12. The third kappa shape index (κ3) is 2.86. The molecular formula is C17H13ClN2O3S2. The molecule has 25 heavy (non-hydrogen) atoms. The van der Waals surface area contributed by atoms with Gasteiger partial charge in [-0.05, 0) is 48.7 Å². The Labute approximate surface area is 155 Å². The number of ether oxygens (including phenoxy) is 1. The first kappa shape index (κ1) is 17.7. The standard InChI is InChI=1S/C17H13ClN2O3S2/c1-23-13-6-4-12(5-7-13)20-14-9-11(18)3-8-15(14)25(21,22)16(10-19)17(20)24-2/h3-9H,1-2H3. The lowest BCUT2D eigenvalue weighted by atomic mass is 10.2. The van der Waals surface area contributed by atoms with E-state index in [-0.39, 0.29) is 9.80 Å². The monoisotopic (exact) mass is 392 g/mol. The zero-order valence-corrected chi connectivity index (χ0v) is 15.7. The summed E-state index contributed by atoms with van der Waals surface area (Å²) >= 11 is 7.29. The first-order chi connectivity index (χ1) is 11.9. The zero-order chi connectivity index (χ0) is 18.2. The number of nitrogens with zero attached hydrogens (tertiary/aromatic N) is 2. The largest absolute Gasteiger partial charge is 0.497 e. The molecule has 1 aliphatic rings. The molecule has 5 nitrogen and oxygen atoms in total. The Morgan fingerprint density at radius 2 is 1.88 bits per heavy atom. The van der Waals surface area contributed by atoms with Crippen molar-refractivity contribution in [3.8, 4) is 11.8 Å². The average Bonchev–Trinajstić information content (AvgIpc) is 2.61. The van der Waals surface area contributed by atoms with Crippen molar-refractivity contribution < 1.29 is 13.2 Å². The number of halogens is 1. The van der Waals surface area contributed by atoms with Crippen LogP contribution in [0.25, 0.3) is 0 Å². The van der Waals surface area contributed by atoms with Crippen molar-refractivity contribution in [2.75, 3.05) is 18.3 Å². The van der Waals surface area contributed by atoms with Crippen molar-refractivity contribution in [2.24, 2.45) is 0 Å². The Balaban J connectivity index is 2.34. The second kappa shape index (κ2) is 6.64. The summed E-state index contributed by atoms with van der Waals surface area (Å²) in [4.78, 5) is 1.51. The van der Waals surface area contributed by atoms with E-state index < -0.39 is 9.84 Å². The normalized spacial score (nSPS) is 15.5. The molecule has 0 saturated carbocycles. The molecule has 0 saturated heterocycles. The van der Waals surface area contributed by atoms with Crippen LogP contribution in [0.15, 0.2) is 57.3 Å². The zero-order valence-electron chi connectivity index (χ0n) is 13.4. The molecule has 2 aromatic rings. The van der Waals surface area contributed by atoms with Gasteiger partial charge in [-0.3, -0.25) is 0 Å². The summed E-state index contributed by atoms with van der Waals surface area (Å²) in [6.07, 6.45) is 1.73. The Bertz CT molecular complexity index is 1010. The molecule has 2 aromatic carbocycles. The minimum absolute atomic E-state index is 0.0575. The SMILES string of the molecule is COc1ccc(N2C(SC)=C(C#N)S(=O)(=O)c3ccc(Cl)cc32)cc1. The maximum absolute atomic E-state index is 12.8. The number of allylic oxidation sites excluding steroid dienone is 1. The van der Waals surface area contributed by atoms with Gasteiger partial charge in [0.15, 0.2) is 4.91 Å². The number of methoxy groups -OCH3 is 1. The van der Waals surface area contributed by atoms with Crippen LogP contribution in [0.3, 0.4) is 0 Å². The highest BCUT2D eigenvalue weighted by Crippen LogP contribution is 2.47. The molecule has 128 valence electrons. The van der Waals surface area contributed by atoms with Crippen LogP contribution < -0.4 is 9.64 Å². The Morgan fingerprint density at radius 1 is 1.20 bits per heavy atom. The second-order valence-electron chi connectivity index (χ2n) is 5.10. The minimum Gasteiger partial charge on any atom is -0.497 e. The van der Waals surface area contributed by atoms with Gasteiger partial charge in [-0.1, -0.05) is 11.6 Å². The molecule has 0 amide bonds. The van der Waals surface area contributed by atoms with Crippen molar-refractivity contribution in [1.29, 1.82) is 5.26 Å². The predicted octanol–water partition coefficient (Wildman–Crippen LogP) is 4.33. The van der Waals surface area contributed by atoms with Gasteiger partial charge >= 0.3 is 0 Å². The van der Waals surface area contributed by atoms with Crippen LogP contribution in [-0.4, -0.2) is 21.8 Å². The number of rotatable bonds is 3. The van der Waals surface area contributed by atoms with E-state index in [1.807, 2.05) is 6.07 Å². The van der Waals surface area contributed by atoms with Crippen LogP contribution in [0.5, 0.6) is 5.75 Å². The summed E-state index contributed by atoms with van der Waals surface area (Å²) in [5, 5.41) is 10.2. The van der Waals surface area contributed by atoms with Gasteiger partial charge in [-0.25, -0.2) is 8.42 Å². The third-order valence-corrected chi connectivity index (χ3v) is 6.63.